The van der Waals surface area contributed by atoms with Gasteiger partial charge in [0.2, 0.25) is 35.7 Å². The molecule has 16 nitrogen and oxygen atoms in total. The molecule has 0 spiro atoms. The van der Waals surface area contributed by atoms with Crippen LogP contribution in [0.15, 0.2) is 0 Å². The molecule has 4 aliphatic rings. The van der Waals surface area contributed by atoms with E-state index >= 15 is 0 Å². The van der Waals surface area contributed by atoms with Crippen molar-refractivity contribution in [3.05, 3.63) is 0 Å². The topological polar surface area (TPSA) is 202 Å². The van der Waals surface area contributed by atoms with Crippen molar-refractivity contribution >= 4 is 35.7 Å². The average Bonchev–Trinajstić information content (AvgIpc) is 3.24. The van der Waals surface area contributed by atoms with E-state index in [-0.39, 0.29) is 46.1 Å². The van der Waals surface area contributed by atoms with Crippen LogP contribution in [-0.2, 0) is 9.68 Å². The van der Waals surface area contributed by atoms with Crippen molar-refractivity contribution < 1.29 is 9.68 Å². The lowest BCUT2D eigenvalue weighted by Crippen LogP contribution is -2.63. The predicted molar refractivity (Wildman–Crippen MR) is 270 cm³/mol. The van der Waals surface area contributed by atoms with Crippen molar-refractivity contribution in [2.24, 2.45) is 11.8 Å². The van der Waals surface area contributed by atoms with Gasteiger partial charge >= 0.3 is 0 Å². The fraction of sp³-hybridized carbons (Fsp3) is 0.880. The van der Waals surface area contributed by atoms with Crippen LogP contribution in [-0.4, -0.2) is 99.6 Å². The first-order valence-corrected chi connectivity index (χ1v) is 26.4. The van der Waals surface area contributed by atoms with E-state index in [1.54, 1.807) is 0 Å². The molecule has 2 aromatic rings. The first-order valence-electron chi connectivity index (χ1n) is 26.4. The number of nitrogens with zero attached hydrogens (tertiary/aromatic N) is 8. The summed E-state index contributed by atoms with van der Waals surface area (Å²) in [6.07, 6.45) is 25.3. The number of anilines is 6. The summed E-state index contributed by atoms with van der Waals surface area (Å²) < 4.78 is 0. The number of hydrogen-bond acceptors (Lipinski definition) is 16. The normalized spacial score (nSPS) is 23.0. The first kappa shape index (κ1) is 52.0. The molecule has 0 radical (unpaired) electrons. The maximum atomic E-state index is 6.79. The molecule has 0 amide bonds. The Kier molecular flexibility index (Phi) is 18.4. The molecule has 4 fully saturated rings. The van der Waals surface area contributed by atoms with E-state index in [0.717, 1.165) is 116 Å². The molecular formula is C50H92N14O2. The molecule has 2 saturated carbocycles. The lowest BCUT2D eigenvalue weighted by molar-refractivity contribution is -0.314. The number of piperidine rings is 2. The Bertz CT molecular complexity index is 1620. The molecule has 6 rings (SSSR count). The van der Waals surface area contributed by atoms with E-state index in [4.69, 9.17) is 31.1 Å². The van der Waals surface area contributed by atoms with Crippen molar-refractivity contribution in [3.63, 3.8) is 0 Å². The molecule has 2 atom stereocenters. The molecule has 0 bridgehead atoms. The van der Waals surface area contributed by atoms with E-state index in [0.29, 0.717) is 47.8 Å². The van der Waals surface area contributed by atoms with Gasteiger partial charge in [-0.3, -0.25) is 9.68 Å². The number of nitrogen functional groups attached to an aromatic ring is 2. The summed E-state index contributed by atoms with van der Waals surface area (Å²) >= 11 is 0. The van der Waals surface area contributed by atoms with E-state index in [2.05, 4.69) is 121 Å². The van der Waals surface area contributed by atoms with Crippen molar-refractivity contribution in [1.82, 2.24) is 40.0 Å². The summed E-state index contributed by atoms with van der Waals surface area (Å²) in [6, 6.07) is 0.423. The van der Waals surface area contributed by atoms with Crippen LogP contribution in [0.3, 0.4) is 0 Å². The number of unbranched alkanes of at least 4 members (excludes halogenated alkanes) is 3. The van der Waals surface area contributed by atoms with Gasteiger partial charge in [0.1, 0.15) is 0 Å². The zero-order chi connectivity index (χ0) is 47.5. The Morgan fingerprint density at radius 3 is 1.17 bits per heavy atom. The highest BCUT2D eigenvalue weighted by Gasteiger charge is 2.50. The average molecular weight is 921 g/mol. The fourth-order valence-electron chi connectivity index (χ4n) is 12.3. The van der Waals surface area contributed by atoms with Gasteiger partial charge in [-0.25, -0.2) is 0 Å². The Morgan fingerprint density at radius 2 is 0.833 bits per heavy atom. The molecule has 0 aromatic carbocycles. The first-order chi connectivity index (χ1) is 31.4. The standard InChI is InChI=1S/C50H92N14O2/c1-11-23-39(35-31-47(3,4)63(48(5,6)32-35)65-37-25-17-15-18-26-37)55-45-59-41(51)57-43(61-45)53-29-21-13-14-22-30-54-44-58-42(52)60-46(62-44)56-40(24-12-2)36-33-49(7,8)64(50(9,10)34-36)66-38-27-19-16-20-28-38/h35-40H,11-34H2,1-10H3,(H4,51,53,55,57,59,61)(H4,52,54,56,58,60,62). The van der Waals surface area contributed by atoms with Crippen molar-refractivity contribution in [2.75, 3.05) is 45.8 Å². The summed E-state index contributed by atoms with van der Waals surface area (Å²) in [5.74, 6) is 3.40. The van der Waals surface area contributed by atoms with Crippen LogP contribution in [0.25, 0.3) is 0 Å². The van der Waals surface area contributed by atoms with Gasteiger partial charge in [-0.15, -0.1) is 0 Å². The van der Waals surface area contributed by atoms with Crippen LogP contribution in [0.1, 0.15) is 210 Å². The molecule has 2 aliphatic carbocycles. The number of nitrogens with two attached hydrogens (primary N) is 2. The van der Waals surface area contributed by atoms with Crippen LogP contribution in [0.5, 0.6) is 0 Å². The fourth-order valence-corrected chi connectivity index (χ4v) is 12.3. The van der Waals surface area contributed by atoms with Gasteiger partial charge in [-0.2, -0.15) is 40.0 Å². The largest absolute Gasteiger partial charge is 0.368 e. The molecule has 66 heavy (non-hydrogen) atoms. The zero-order valence-electron chi connectivity index (χ0n) is 43.0. The third-order valence-electron chi connectivity index (χ3n) is 14.8. The second-order valence-corrected chi connectivity index (χ2v) is 22.9. The van der Waals surface area contributed by atoms with Gasteiger partial charge in [0.15, 0.2) is 0 Å². The molecule has 2 aromatic heterocycles. The summed E-state index contributed by atoms with van der Waals surface area (Å²) in [6.45, 7) is 24.7. The Hall–Kier alpha value is -3.34. The van der Waals surface area contributed by atoms with Gasteiger partial charge in [-0.05, 0) is 144 Å². The molecule has 2 saturated heterocycles. The minimum atomic E-state index is -0.101. The maximum absolute atomic E-state index is 6.79. The Labute approximate surface area is 398 Å². The third-order valence-corrected chi connectivity index (χ3v) is 14.8. The lowest BCUT2D eigenvalue weighted by atomic mass is 9.71. The summed E-state index contributed by atoms with van der Waals surface area (Å²) in [5, 5.41) is 18.9. The van der Waals surface area contributed by atoms with Crippen LogP contribution >= 0.6 is 0 Å². The number of aromatic nitrogens is 6. The number of nitrogens with one attached hydrogen (secondary N) is 4. The zero-order valence-corrected chi connectivity index (χ0v) is 43.0. The van der Waals surface area contributed by atoms with E-state index in [1.807, 2.05) is 0 Å². The van der Waals surface area contributed by atoms with E-state index in [9.17, 15) is 0 Å². The molecule has 4 heterocycles. The van der Waals surface area contributed by atoms with Gasteiger partial charge in [-0.1, -0.05) is 78.1 Å². The van der Waals surface area contributed by atoms with Crippen molar-refractivity contribution in [1.29, 1.82) is 0 Å². The van der Waals surface area contributed by atoms with Crippen molar-refractivity contribution in [3.8, 4) is 0 Å². The van der Waals surface area contributed by atoms with Crippen LogP contribution in [0.4, 0.5) is 35.7 Å². The number of hydrogen-bond donors (Lipinski definition) is 6. The molecule has 374 valence electrons. The third kappa shape index (κ3) is 14.6. The number of hydroxylamine groups is 4. The minimum absolute atomic E-state index is 0.101. The smallest absolute Gasteiger partial charge is 0.229 e. The van der Waals surface area contributed by atoms with Gasteiger partial charge in [0.05, 0.1) is 12.2 Å². The molecule has 2 unspecified atom stereocenters. The van der Waals surface area contributed by atoms with Crippen LogP contribution in [0.2, 0.25) is 0 Å². The second-order valence-electron chi connectivity index (χ2n) is 22.9. The SMILES string of the molecule is CCCC(Nc1nc(N)nc(NCCCCCCNc2nc(N)nc(NC(CCC)C3CC(C)(C)N(OC4CCCCC4)C(C)(C)C3)n2)n1)C1CC(C)(C)N(OC2CCCCC2)C(C)(C)C1. The lowest BCUT2D eigenvalue weighted by Gasteiger charge is -2.56. The van der Waals surface area contributed by atoms with Gasteiger partial charge < -0.3 is 32.7 Å². The highest BCUT2D eigenvalue weighted by molar-refractivity contribution is 5.42. The summed E-state index contributed by atoms with van der Waals surface area (Å²) in [5.41, 5.74) is 12.1. The van der Waals surface area contributed by atoms with Gasteiger partial charge in [0, 0.05) is 47.3 Å². The maximum Gasteiger partial charge on any atom is 0.229 e. The monoisotopic (exact) mass is 921 g/mol. The predicted octanol–water partition coefficient (Wildman–Crippen LogP) is 10.5. The Balaban J connectivity index is 0.938. The van der Waals surface area contributed by atoms with E-state index in [1.165, 1.54) is 38.5 Å². The second kappa shape index (κ2) is 23.3. The minimum Gasteiger partial charge on any atom is -0.368 e. The molecular weight excluding hydrogens is 829 g/mol. The van der Waals surface area contributed by atoms with Crippen LogP contribution in [0, 0.1) is 11.8 Å². The van der Waals surface area contributed by atoms with Crippen LogP contribution < -0.4 is 32.7 Å². The van der Waals surface area contributed by atoms with E-state index < -0.39 is 0 Å². The number of rotatable bonds is 23. The summed E-state index contributed by atoms with van der Waals surface area (Å²) in [4.78, 5) is 41.1. The van der Waals surface area contributed by atoms with Gasteiger partial charge in [0.25, 0.3) is 0 Å². The quantitative estimate of drug-likeness (QED) is 0.0574. The highest BCUT2D eigenvalue weighted by Crippen LogP contribution is 2.46. The molecule has 8 N–H and O–H groups in total. The highest BCUT2D eigenvalue weighted by atomic mass is 16.7. The summed E-state index contributed by atoms with van der Waals surface area (Å²) in [7, 11) is 0. The Morgan fingerprint density at radius 1 is 0.500 bits per heavy atom. The molecule has 2 aliphatic heterocycles. The molecule has 16 heteroatoms. The van der Waals surface area contributed by atoms with Crippen molar-refractivity contribution in [2.45, 2.75) is 257 Å².